The molecule has 10 aromatic rings. The maximum Gasteiger partial charge on any atom is 0.136 e. The fourth-order valence-corrected chi connectivity index (χ4v) is 7.50. The summed E-state index contributed by atoms with van der Waals surface area (Å²) in [5, 5.41) is 12.2. The average molecular weight is 612 g/mol. The molecular formula is C46H29NO. The fourth-order valence-electron chi connectivity index (χ4n) is 7.50. The second kappa shape index (κ2) is 10.6. The fraction of sp³-hybridized carbons (Fsp3) is 0. The maximum absolute atomic E-state index is 6.29. The van der Waals surface area contributed by atoms with E-state index in [1.54, 1.807) is 0 Å². The monoisotopic (exact) mass is 611 g/mol. The van der Waals surface area contributed by atoms with Gasteiger partial charge in [0.2, 0.25) is 0 Å². The van der Waals surface area contributed by atoms with E-state index in [2.05, 4.69) is 169 Å². The Balaban J connectivity index is 1.22. The van der Waals surface area contributed by atoms with Gasteiger partial charge < -0.3 is 9.32 Å². The lowest BCUT2D eigenvalue weighted by Gasteiger charge is -2.27. The number of hydrogen-bond donors (Lipinski definition) is 0. The van der Waals surface area contributed by atoms with Gasteiger partial charge in [-0.1, -0.05) is 127 Å². The molecule has 224 valence electrons. The van der Waals surface area contributed by atoms with Crippen LogP contribution >= 0.6 is 0 Å². The first kappa shape index (κ1) is 26.8. The minimum absolute atomic E-state index is 0.907. The van der Waals surface area contributed by atoms with E-state index < -0.39 is 0 Å². The van der Waals surface area contributed by atoms with Crippen LogP contribution in [0.25, 0.3) is 76.2 Å². The highest BCUT2D eigenvalue weighted by atomic mass is 16.3. The van der Waals surface area contributed by atoms with Crippen molar-refractivity contribution in [2.45, 2.75) is 0 Å². The smallest absolute Gasteiger partial charge is 0.136 e. The molecule has 2 heteroatoms. The van der Waals surface area contributed by atoms with Crippen molar-refractivity contribution in [3.05, 3.63) is 176 Å². The second-order valence-electron chi connectivity index (χ2n) is 12.5. The molecule has 0 radical (unpaired) electrons. The number of anilines is 3. The van der Waals surface area contributed by atoms with Crippen LogP contribution in [0.5, 0.6) is 0 Å². The largest absolute Gasteiger partial charge is 0.456 e. The number of furan rings is 1. The maximum atomic E-state index is 6.29. The van der Waals surface area contributed by atoms with Crippen molar-refractivity contribution in [1.29, 1.82) is 0 Å². The summed E-state index contributed by atoms with van der Waals surface area (Å²) in [4.78, 5) is 2.40. The van der Waals surface area contributed by atoms with Crippen molar-refractivity contribution in [2.75, 3.05) is 4.90 Å². The molecule has 2 nitrogen and oxygen atoms in total. The molecule has 0 amide bonds. The molecular weight excluding hydrogens is 583 g/mol. The lowest BCUT2D eigenvalue weighted by atomic mass is 9.96. The van der Waals surface area contributed by atoms with E-state index in [1.165, 1.54) is 48.8 Å². The molecule has 0 aliphatic heterocycles. The summed E-state index contributed by atoms with van der Waals surface area (Å²) >= 11 is 0. The van der Waals surface area contributed by atoms with E-state index in [4.69, 9.17) is 4.42 Å². The van der Waals surface area contributed by atoms with Crippen LogP contribution < -0.4 is 4.90 Å². The van der Waals surface area contributed by atoms with Crippen LogP contribution in [0.4, 0.5) is 17.1 Å². The Kier molecular flexibility index (Phi) is 5.91. The van der Waals surface area contributed by atoms with E-state index in [-0.39, 0.29) is 0 Å². The molecule has 0 unspecified atom stereocenters. The molecule has 0 saturated carbocycles. The Morgan fingerprint density at radius 3 is 1.85 bits per heavy atom. The lowest BCUT2D eigenvalue weighted by molar-refractivity contribution is 0.669. The zero-order valence-electron chi connectivity index (χ0n) is 26.1. The SMILES string of the molecule is c1ccc(-c2ccc(N(c3ccc4c(ccc5ccc6ccccc6c54)c3)c3cccc4cc5oc6ccccc6c5cc34)cc2)cc1. The highest BCUT2D eigenvalue weighted by Crippen LogP contribution is 2.43. The van der Waals surface area contributed by atoms with Crippen molar-refractivity contribution < 1.29 is 4.42 Å². The van der Waals surface area contributed by atoms with E-state index in [9.17, 15) is 0 Å². The van der Waals surface area contributed by atoms with Gasteiger partial charge in [0.05, 0.1) is 5.69 Å². The van der Waals surface area contributed by atoms with Gasteiger partial charge in [-0.3, -0.25) is 0 Å². The summed E-state index contributed by atoms with van der Waals surface area (Å²) in [6, 6.07) is 63.4. The Hall–Kier alpha value is -6.38. The third-order valence-corrected chi connectivity index (χ3v) is 9.79. The van der Waals surface area contributed by atoms with Crippen molar-refractivity contribution in [1.82, 2.24) is 0 Å². The van der Waals surface area contributed by atoms with Gasteiger partial charge in [-0.15, -0.1) is 0 Å². The summed E-state index contributed by atoms with van der Waals surface area (Å²) in [6.45, 7) is 0. The van der Waals surface area contributed by atoms with Crippen LogP contribution in [0.15, 0.2) is 180 Å². The lowest BCUT2D eigenvalue weighted by Crippen LogP contribution is -2.10. The van der Waals surface area contributed by atoms with Crippen LogP contribution in [-0.2, 0) is 0 Å². The highest BCUT2D eigenvalue weighted by Gasteiger charge is 2.18. The number of benzene rings is 9. The standard InChI is InChI=1S/C46H29NO/c1-2-9-30(10-3-1)31-21-23-36(24-22-31)47(43-15-8-12-34-28-45-42(29-41(34)43)40-14-6-7-16-44(40)48-45)37-25-26-39-35(27-37)20-19-33-18-17-32-11-4-5-13-38(32)46(33)39/h1-29H. The normalized spacial score (nSPS) is 11.8. The van der Waals surface area contributed by atoms with Gasteiger partial charge in [-0.25, -0.2) is 0 Å². The molecule has 1 heterocycles. The number of nitrogens with zero attached hydrogens (tertiary/aromatic N) is 1. The summed E-state index contributed by atoms with van der Waals surface area (Å²) in [5.74, 6) is 0. The van der Waals surface area contributed by atoms with Crippen molar-refractivity contribution in [2.24, 2.45) is 0 Å². The highest BCUT2D eigenvalue weighted by molar-refractivity contribution is 6.21. The average Bonchev–Trinajstić information content (AvgIpc) is 3.52. The van der Waals surface area contributed by atoms with Crippen molar-refractivity contribution in [3.8, 4) is 11.1 Å². The van der Waals surface area contributed by atoms with E-state index in [1.807, 2.05) is 12.1 Å². The topological polar surface area (TPSA) is 16.4 Å². The summed E-state index contributed by atoms with van der Waals surface area (Å²) in [7, 11) is 0. The first-order valence-electron chi connectivity index (χ1n) is 16.4. The van der Waals surface area contributed by atoms with Gasteiger partial charge in [0.1, 0.15) is 11.2 Å². The van der Waals surface area contributed by atoms with Gasteiger partial charge in [0, 0.05) is 27.5 Å². The van der Waals surface area contributed by atoms with Gasteiger partial charge in [0.25, 0.3) is 0 Å². The molecule has 0 aliphatic rings. The van der Waals surface area contributed by atoms with Gasteiger partial charge >= 0.3 is 0 Å². The molecule has 9 aromatic carbocycles. The first-order valence-corrected chi connectivity index (χ1v) is 16.4. The molecule has 0 N–H and O–H groups in total. The van der Waals surface area contributed by atoms with E-state index in [0.29, 0.717) is 0 Å². The van der Waals surface area contributed by atoms with E-state index in [0.717, 1.165) is 44.4 Å². The molecule has 0 aliphatic carbocycles. The molecule has 0 spiro atoms. The summed E-state index contributed by atoms with van der Waals surface area (Å²) in [5.41, 5.74) is 7.55. The molecule has 0 bridgehead atoms. The summed E-state index contributed by atoms with van der Waals surface area (Å²) in [6.07, 6.45) is 0. The molecule has 48 heavy (non-hydrogen) atoms. The number of hydrogen-bond acceptors (Lipinski definition) is 2. The molecule has 1 aromatic heterocycles. The Morgan fingerprint density at radius 1 is 0.333 bits per heavy atom. The van der Waals surface area contributed by atoms with Crippen LogP contribution in [0.3, 0.4) is 0 Å². The number of para-hydroxylation sites is 1. The van der Waals surface area contributed by atoms with E-state index >= 15 is 0 Å². The molecule has 10 rings (SSSR count). The summed E-state index contributed by atoms with van der Waals surface area (Å²) < 4.78 is 6.29. The Labute approximate surface area is 277 Å². The van der Waals surface area contributed by atoms with Crippen LogP contribution in [-0.4, -0.2) is 0 Å². The zero-order chi connectivity index (χ0) is 31.6. The second-order valence-corrected chi connectivity index (χ2v) is 12.5. The van der Waals surface area contributed by atoms with Crippen molar-refractivity contribution >= 4 is 82.1 Å². The van der Waals surface area contributed by atoms with Crippen LogP contribution in [0.1, 0.15) is 0 Å². The predicted molar refractivity (Wildman–Crippen MR) is 204 cm³/mol. The third kappa shape index (κ3) is 4.20. The predicted octanol–water partition coefficient (Wildman–Crippen LogP) is 13.3. The van der Waals surface area contributed by atoms with Crippen molar-refractivity contribution in [3.63, 3.8) is 0 Å². The zero-order valence-corrected chi connectivity index (χ0v) is 26.1. The Morgan fingerprint density at radius 2 is 0.979 bits per heavy atom. The minimum atomic E-state index is 0.907. The van der Waals surface area contributed by atoms with Crippen LogP contribution in [0, 0.1) is 0 Å². The Bertz CT molecular complexity index is 2830. The minimum Gasteiger partial charge on any atom is -0.456 e. The van der Waals surface area contributed by atoms with Gasteiger partial charge in [0.15, 0.2) is 0 Å². The molecule has 0 fully saturated rings. The van der Waals surface area contributed by atoms with Gasteiger partial charge in [-0.2, -0.15) is 0 Å². The van der Waals surface area contributed by atoms with Gasteiger partial charge in [-0.05, 0) is 97.4 Å². The quantitative estimate of drug-likeness (QED) is 0.184. The number of fused-ring (bicyclic) bond motifs is 9. The first-order chi connectivity index (χ1) is 23.8. The van der Waals surface area contributed by atoms with Crippen LogP contribution in [0.2, 0.25) is 0 Å². The number of rotatable bonds is 4. The molecule has 0 atom stereocenters. The molecule has 0 saturated heterocycles. The third-order valence-electron chi connectivity index (χ3n) is 9.79.